The van der Waals surface area contributed by atoms with Crippen LogP contribution in [0.15, 0.2) is 53.1 Å². The number of carbonyl (C=O) groups is 1. The third-order valence-electron chi connectivity index (χ3n) is 3.79. The normalized spacial score (nSPS) is 10.8. The van der Waals surface area contributed by atoms with Crippen LogP contribution in [0.3, 0.4) is 0 Å². The molecule has 130 valence electrons. The van der Waals surface area contributed by atoms with Crippen molar-refractivity contribution in [1.82, 2.24) is 20.4 Å². The lowest BCUT2D eigenvalue weighted by atomic mass is 10.2. The van der Waals surface area contributed by atoms with Gasteiger partial charge < -0.3 is 15.1 Å². The SMILES string of the molecule is CCNCCNC(=O)c1cn(-c2ccccc2)nc1-c1ccc(C)o1. The zero-order valence-corrected chi connectivity index (χ0v) is 14.5. The highest BCUT2D eigenvalue weighted by atomic mass is 16.3. The number of amides is 1. The number of hydrogen-bond donors (Lipinski definition) is 2. The first-order valence-corrected chi connectivity index (χ1v) is 8.40. The van der Waals surface area contributed by atoms with E-state index in [4.69, 9.17) is 4.42 Å². The summed E-state index contributed by atoms with van der Waals surface area (Å²) in [6.07, 6.45) is 1.74. The Morgan fingerprint density at radius 3 is 2.64 bits per heavy atom. The Kier molecular flexibility index (Phi) is 5.30. The minimum absolute atomic E-state index is 0.163. The van der Waals surface area contributed by atoms with Gasteiger partial charge in [0.15, 0.2) is 5.76 Å². The van der Waals surface area contributed by atoms with Crippen LogP contribution in [0.5, 0.6) is 0 Å². The molecule has 3 aromatic rings. The number of benzene rings is 1. The van der Waals surface area contributed by atoms with Gasteiger partial charge in [-0.3, -0.25) is 4.79 Å². The molecule has 0 bridgehead atoms. The summed E-state index contributed by atoms with van der Waals surface area (Å²) in [5, 5.41) is 10.7. The van der Waals surface area contributed by atoms with E-state index in [-0.39, 0.29) is 5.91 Å². The van der Waals surface area contributed by atoms with Crippen molar-refractivity contribution >= 4 is 5.91 Å². The van der Waals surface area contributed by atoms with Crippen molar-refractivity contribution in [3.05, 3.63) is 60.0 Å². The molecule has 0 atom stereocenters. The number of hydrogen-bond acceptors (Lipinski definition) is 4. The monoisotopic (exact) mass is 338 g/mol. The van der Waals surface area contributed by atoms with Gasteiger partial charge in [-0.15, -0.1) is 0 Å². The van der Waals surface area contributed by atoms with E-state index in [1.807, 2.05) is 56.3 Å². The van der Waals surface area contributed by atoms with Crippen molar-refractivity contribution in [2.45, 2.75) is 13.8 Å². The minimum atomic E-state index is -0.163. The maximum atomic E-state index is 12.6. The zero-order chi connectivity index (χ0) is 17.6. The van der Waals surface area contributed by atoms with E-state index in [2.05, 4.69) is 15.7 Å². The number of nitrogens with one attached hydrogen (secondary N) is 2. The Bertz CT molecular complexity index is 836. The van der Waals surface area contributed by atoms with Crippen molar-refractivity contribution in [2.24, 2.45) is 0 Å². The molecule has 0 fully saturated rings. The second-order valence-electron chi connectivity index (χ2n) is 5.69. The molecule has 0 spiro atoms. The lowest BCUT2D eigenvalue weighted by molar-refractivity contribution is 0.0954. The Labute approximate surface area is 146 Å². The van der Waals surface area contributed by atoms with Crippen molar-refractivity contribution in [3.63, 3.8) is 0 Å². The fourth-order valence-electron chi connectivity index (χ4n) is 2.53. The van der Waals surface area contributed by atoms with Crippen molar-refractivity contribution in [3.8, 4) is 17.1 Å². The van der Waals surface area contributed by atoms with Crippen molar-refractivity contribution in [1.29, 1.82) is 0 Å². The molecule has 0 aliphatic rings. The third kappa shape index (κ3) is 3.97. The van der Waals surface area contributed by atoms with Gasteiger partial charge in [0.25, 0.3) is 5.91 Å². The quantitative estimate of drug-likeness (QED) is 0.650. The van der Waals surface area contributed by atoms with Crippen molar-refractivity contribution < 1.29 is 9.21 Å². The van der Waals surface area contributed by atoms with Crippen LogP contribution in [0.4, 0.5) is 0 Å². The molecule has 0 saturated carbocycles. The molecule has 0 radical (unpaired) electrons. The predicted molar refractivity (Wildman–Crippen MR) is 96.9 cm³/mol. The molecule has 2 aromatic heterocycles. The third-order valence-corrected chi connectivity index (χ3v) is 3.79. The predicted octanol–water partition coefficient (Wildman–Crippen LogP) is 2.78. The first-order chi connectivity index (χ1) is 12.2. The Morgan fingerprint density at radius 1 is 1.16 bits per heavy atom. The molecule has 1 aromatic carbocycles. The Hall–Kier alpha value is -2.86. The fourth-order valence-corrected chi connectivity index (χ4v) is 2.53. The summed E-state index contributed by atoms with van der Waals surface area (Å²) >= 11 is 0. The average molecular weight is 338 g/mol. The first-order valence-electron chi connectivity index (χ1n) is 8.40. The highest BCUT2D eigenvalue weighted by molar-refractivity contribution is 5.99. The van der Waals surface area contributed by atoms with Crippen LogP contribution in [-0.2, 0) is 0 Å². The average Bonchev–Trinajstić information content (AvgIpc) is 3.25. The maximum absolute atomic E-state index is 12.6. The number of likely N-dealkylation sites (N-methyl/N-ethyl adjacent to an activating group) is 1. The van der Waals surface area contributed by atoms with Crippen LogP contribution >= 0.6 is 0 Å². The van der Waals surface area contributed by atoms with Gasteiger partial charge in [-0.05, 0) is 37.7 Å². The molecule has 1 amide bonds. The molecule has 0 saturated heterocycles. The van der Waals surface area contributed by atoms with Crippen LogP contribution < -0.4 is 10.6 Å². The number of carbonyl (C=O) groups excluding carboxylic acids is 1. The molecular weight excluding hydrogens is 316 g/mol. The number of aryl methyl sites for hydroxylation is 1. The van der Waals surface area contributed by atoms with E-state index in [0.29, 0.717) is 23.6 Å². The highest BCUT2D eigenvalue weighted by Crippen LogP contribution is 2.25. The number of nitrogens with zero attached hydrogens (tertiary/aromatic N) is 2. The van der Waals surface area contributed by atoms with Crippen LogP contribution in [0.25, 0.3) is 17.1 Å². The van der Waals surface area contributed by atoms with Gasteiger partial charge in [0, 0.05) is 19.3 Å². The second kappa shape index (κ2) is 7.81. The summed E-state index contributed by atoms with van der Waals surface area (Å²) in [6.45, 7) is 6.06. The van der Waals surface area contributed by atoms with Gasteiger partial charge in [0.2, 0.25) is 0 Å². The first kappa shape index (κ1) is 17.0. The van der Waals surface area contributed by atoms with E-state index < -0.39 is 0 Å². The molecule has 6 heteroatoms. The Morgan fingerprint density at radius 2 is 1.96 bits per heavy atom. The lowest BCUT2D eigenvalue weighted by Gasteiger charge is -2.04. The lowest BCUT2D eigenvalue weighted by Crippen LogP contribution is -2.31. The van der Waals surface area contributed by atoms with Crippen LogP contribution in [-0.4, -0.2) is 35.3 Å². The largest absolute Gasteiger partial charge is 0.460 e. The molecule has 0 aliphatic carbocycles. The van der Waals surface area contributed by atoms with Gasteiger partial charge in [-0.1, -0.05) is 25.1 Å². The van der Waals surface area contributed by atoms with E-state index in [1.54, 1.807) is 10.9 Å². The molecular formula is C19H22N4O2. The molecule has 3 rings (SSSR count). The second-order valence-corrected chi connectivity index (χ2v) is 5.69. The fraction of sp³-hybridized carbons (Fsp3) is 0.263. The standard InChI is InChI=1S/C19H22N4O2/c1-3-20-11-12-21-19(24)16-13-23(15-7-5-4-6-8-15)22-18(16)17-10-9-14(2)25-17/h4-10,13,20H,3,11-12H2,1-2H3,(H,21,24). The topological polar surface area (TPSA) is 72.1 Å². The van der Waals surface area contributed by atoms with Gasteiger partial charge in [0.1, 0.15) is 11.5 Å². The number of rotatable bonds is 7. The van der Waals surface area contributed by atoms with E-state index in [1.165, 1.54) is 0 Å². The van der Waals surface area contributed by atoms with Crippen LogP contribution in [0.2, 0.25) is 0 Å². The van der Waals surface area contributed by atoms with Crippen LogP contribution in [0.1, 0.15) is 23.0 Å². The van der Waals surface area contributed by atoms with Crippen molar-refractivity contribution in [2.75, 3.05) is 19.6 Å². The molecule has 25 heavy (non-hydrogen) atoms. The van der Waals surface area contributed by atoms with Crippen LogP contribution in [0, 0.1) is 6.92 Å². The molecule has 0 aliphatic heterocycles. The summed E-state index contributed by atoms with van der Waals surface area (Å²) in [5.74, 6) is 1.20. The molecule has 0 unspecified atom stereocenters. The number of furan rings is 1. The van der Waals surface area contributed by atoms with Gasteiger partial charge in [-0.2, -0.15) is 5.10 Å². The molecule has 2 heterocycles. The summed E-state index contributed by atoms with van der Waals surface area (Å²) in [4.78, 5) is 12.6. The zero-order valence-electron chi connectivity index (χ0n) is 14.5. The van der Waals surface area contributed by atoms with E-state index in [0.717, 1.165) is 24.5 Å². The van der Waals surface area contributed by atoms with Gasteiger partial charge >= 0.3 is 0 Å². The summed E-state index contributed by atoms with van der Waals surface area (Å²) in [5.41, 5.74) is 1.92. The highest BCUT2D eigenvalue weighted by Gasteiger charge is 2.20. The molecule has 6 nitrogen and oxygen atoms in total. The molecule has 2 N–H and O–H groups in total. The minimum Gasteiger partial charge on any atom is -0.460 e. The number of aromatic nitrogens is 2. The Balaban J connectivity index is 1.92. The summed E-state index contributed by atoms with van der Waals surface area (Å²) < 4.78 is 7.39. The summed E-state index contributed by atoms with van der Waals surface area (Å²) in [6, 6.07) is 13.4. The van der Waals surface area contributed by atoms with Gasteiger partial charge in [-0.25, -0.2) is 4.68 Å². The number of para-hydroxylation sites is 1. The maximum Gasteiger partial charge on any atom is 0.255 e. The van der Waals surface area contributed by atoms with E-state index >= 15 is 0 Å². The summed E-state index contributed by atoms with van der Waals surface area (Å²) in [7, 11) is 0. The van der Waals surface area contributed by atoms with E-state index in [9.17, 15) is 4.79 Å². The smallest absolute Gasteiger partial charge is 0.255 e. The van der Waals surface area contributed by atoms with Gasteiger partial charge in [0.05, 0.1) is 11.3 Å².